The first-order valence-electron chi connectivity index (χ1n) is 5.89. The van der Waals surface area contributed by atoms with Crippen molar-refractivity contribution in [1.29, 1.82) is 0 Å². The number of hydrogen-bond donors (Lipinski definition) is 1. The number of hydrogen-bond acceptors (Lipinski definition) is 4. The molecule has 1 saturated heterocycles. The van der Waals surface area contributed by atoms with Gasteiger partial charge in [-0.3, -0.25) is 4.57 Å². The second kappa shape index (κ2) is 3.70. The van der Waals surface area contributed by atoms with Crippen LogP contribution in [0.5, 0.6) is 0 Å². The largest absolute Gasteiger partial charge is 0.376 e. The summed E-state index contributed by atoms with van der Waals surface area (Å²) in [4.78, 5) is 8.82. The lowest BCUT2D eigenvalue weighted by Gasteiger charge is -2.17. The van der Waals surface area contributed by atoms with Gasteiger partial charge in [0.1, 0.15) is 5.52 Å². The van der Waals surface area contributed by atoms with Gasteiger partial charge in [0.2, 0.25) is 5.95 Å². The van der Waals surface area contributed by atoms with Crippen molar-refractivity contribution in [2.24, 2.45) is 0 Å². The van der Waals surface area contributed by atoms with Crippen molar-refractivity contribution in [2.45, 2.75) is 32.4 Å². The summed E-state index contributed by atoms with van der Waals surface area (Å²) < 4.78 is 7.61. The normalized spacial score (nSPS) is 24.6. The number of anilines is 1. The second-order valence-electron chi connectivity index (χ2n) is 4.57. The highest BCUT2D eigenvalue weighted by molar-refractivity contribution is 5.77. The van der Waals surface area contributed by atoms with Crippen LogP contribution in [0.1, 0.15) is 24.9 Å². The molecule has 2 aromatic heterocycles. The summed E-state index contributed by atoms with van der Waals surface area (Å²) in [7, 11) is 0. The van der Waals surface area contributed by atoms with Crippen LogP contribution in [0, 0.1) is 6.92 Å². The topological polar surface area (TPSA) is 66.0 Å². The van der Waals surface area contributed by atoms with Gasteiger partial charge < -0.3 is 10.5 Å². The van der Waals surface area contributed by atoms with E-state index >= 15 is 0 Å². The highest BCUT2D eigenvalue weighted by Crippen LogP contribution is 2.31. The molecule has 3 rings (SSSR count). The fourth-order valence-corrected chi connectivity index (χ4v) is 2.51. The minimum Gasteiger partial charge on any atom is -0.376 e. The summed E-state index contributed by atoms with van der Waals surface area (Å²) in [6, 6.07) is 2.20. The van der Waals surface area contributed by atoms with E-state index in [1.54, 1.807) is 6.20 Å². The monoisotopic (exact) mass is 232 g/mol. The van der Waals surface area contributed by atoms with E-state index in [9.17, 15) is 0 Å². The number of aromatic nitrogens is 3. The number of imidazole rings is 1. The summed E-state index contributed by atoms with van der Waals surface area (Å²) in [6.45, 7) is 4.87. The highest BCUT2D eigenvalue weighted by atomic mass is 16.5. The third-order valence-electron chi connectivity index (χ3n) is 3.48. The van der Waals surface area contributed by atoms with Crippen LogP contribution in [0.3, 0.4) is 0 Å². The molecule has 0 bridgehead atoms. The molecule has 1 aliphatic heterocycles. The fraction of sp³-hybridized carbons (Fsp3) is 0.500. The van der Waals surface area contributed by atoms with Crippen LogP contribution in [0.4, 0.5) is 5.95 Å². The van der Waals surface area contributed by atoms with Crippen molar-refractivity contribution < 1.29 is 4.74 Å². The van der Waals surface area contributed by atoms with Gasteiger partial charge in [-0.1, -0.05) is 0 Å². The Labute approximate surface area is 99.6 Å². The molecule has 1 fully saturated rings. The molecule has 2 aromatic rings. The number of ether oxygens (including phenoxy) is 1. The van der Waals surface area contributed by atoms with Crippen LogP contribution in [0.25, 0.3) is 11.2 Å². The average molecular weight is 232 g/mol. The van der Waals surface area contributed by atoms with Crippen molar-refractivity contribution in [3.05, 3.63) is 17.8 Å². The smallest absolute Gasteiger partial charge is 0.202 e. The molecular weight excluding hydrogens is 216 g/mol. The van der Waals surface area contributed by atoms with Gasteiger partial charge in [0, 0.05) is 12.8 Å². The second-order valence-corrected chi connectivity index (χ2v) is 4.57. The molecule has 0 saturated carbocycles. The van der Waals surface area contributed by atoms with Gasteiger partial charge in [-0.05, 0) is 31.9 Å². The van der Waals surface area contributed by atoms with Crippen molar-refractivity contribution in [1.82, 2.24) is 14.5 Å². The number of aryl methyl sites for hydroxylation is 1. The number of nitrogens with two attached hydrogens (primary N) is 1. The molecule has 0 aromatic carbocycles. The Balaban J connectivity index is 2.22. The molecule has 0 amide bonds. The van der Waals surface area contributed by atoms with Crippen LogP contribution >= 0.6 is 0 Å². The standard InChI is InChI=1S/C12H16N4O/c1-7-3-5-14-11-10(7)15-12(13)16(11)9-4-6-17-8(9)2/h3,5,8-9H,4,6H2,1-2H3,(H2,13,15). The lowest BCUT2D eigenvalue weighted by molar-refractivity contribution is 0.108. The first kappa shape index (κ1) is 10.5. The zero-order valence-corrected chi connectivity index (χ0v) is 10.1. The average Bonchev–Trinajstić information content (AvgIpc) is 2.83. The van der Waals surface area contributed by atoms with Crippen molar-refractivity contribution >= 4 is 17.1 Å². The van der Waals surface area contributed by atoms with Crippen LogP contribution in [0.15, 0.2) is 12.3 Å². The van der Waals surface area contributed by atoms with Crippen LogP contribution in [0.2, 0.25) is 0 Å². The molecule has 0 spiro atoms. The molecule has 2 atom stereocenters. The maximum atomic E-state index is 6.02. The third-order valence-corrected chi connectivity index (χ3v) is 3.48. The maximum Gasteiger partial charge on any atom is 0.202 e. The van der Waals surface area contributed by atoms with E-state index in [-0.39, 0.29) is 12.1 Å². The van der Waals surface area contributed by atoms with Gasteiger partial charge in [-0.15, -0.1) is 0 Å². The zero-order valence-electron chi connectivity index (χ0n) is 10.1. The van der Waals surface area contributed by atoms with Crippen LogP contribution in [-0.2, 0) is 4.74 Å². The third kappa shape index (κ3) is 1.50. The van der Waals surface area contributed by atoms with Crippen molar-refractivity contribution in [2.75, 3.05) is 12.3 Å². The molecule has 3 heterocycles. The first-order chi connectivity index (χ1) is 8.18. The number of fused-ring (bicyclic) bond motifs is 1. The van der Waals surface area contributed by atoms with Crippen molar-refractivity contribution in [3.63, 3.8) is 0 Å². The number of pyridine rings is 1. The Kier molecular flexibility index (Phi) is 2.29. The quantitative estimate of drug-likeness (QED) is 0.812. The number of nitrogens with zero attached hydrogens (tertiary/aromatic N) is 3. The van der Waals surface area contributed by atoms with E-state index in [2.05, 4.69) is 16.9 Å². The molecule has 5 nitrogen and oxygen atoms in total. The van der Waals surface area contributed by atoms with E-state index in [1.165, 1.54) is 0 Å². The maximum absolute atomic E-state index is 6.02. The minimum atomic E-state index is 0.164. The van der Waals surface area contributed by atoms with E-state index in [0.29, 0.717) is 5.95 Å². The molecule has 5 heteroatoms. The summed E-state index contributed by atoms with van der Waals surface area (Å²) in [6.07, 6.45) is 2.93. The Morgan fingerprint density at radius 1 is 1.53 bits per heavy atom. The lowest BCUT2D eigenvalue weighted by Crippen LogP contribution is -2.18. The molecule has 0 radical (unpaired) electrons. The van der Waals surface area contributed by atoms with Gasteiger partial charge >= 0.3 is 0 Å². The molecule has 1 aliphatic rings. The van der Waals surface area contributed by atoms with Gasteiger partial charge in [0.05, 0.1) is 12.1 Å². The number of nitrogen functional groups attached to an aromatic ring is 1. The minimum absolute atomic E-state index is 0.164. The lowest BCUT2D eigenvalue weighted by atomic mass is 10.1. The Morgan fingerprint density at radius 3 is 3.06 bits per heavy atom. The fourth-order valence-electron chi connectivity index (χ4n) is 2.51. The van der Waals surface area contributed by atoms with E-state index in [4.69, 9.17) is 10.5 Å². The number of rotatable bonds is 1. The van der Waals surface area contributed by atoms with Gasteiger partial charge in [0.15, 0.2) is 5.65 Å². The predicted molar refractivity (Wildman–Crippen MR) is 65.7 cm³/mol. The Hall–Kier alpha value is -1.62. The summed E-state index contributed by atoms with van der Waals surface area (Å²) in [5.74, 6) is 0.532. The van der Waals surface area contributed by atoms with Gasteiger partial charge in [-0.2, -0.15) is 0 Å². The zero-order chi connectivity index (χ0) is 12.0. The summed E-state index contributed by atoms with van der Waals surface area (Å²) in [5, 5.41) is 0. The van der Waals surface area contributed by atoms with Crippen molar-refractivity contribution in [3.8, 4) is 0 Å². The molecule has 2 N–H and O–H groups in total. The first-order valence-corrected chi connectivity index (χ1v) is 5.89. The van der Waals surface area contributed by atoms with E-state index in [1.807, 2.05) is 17.6 Å². The molecule has 90 valence electrons. The molecule has 17 heavy (non-hydrogen) atoms. The molecule has 0 aliphatic carbocycles. The van der Waals surface area contributed by atoms with Gasteiger partial charge in [-0.25, -0.2) is 9.97 Å². The predicted octanol–water partition coefficient (Wildman–Crippen LogP) is 1.67. The van der Waals surface area contributed by atoms with E-state index in [0.717, 1.165) is 29.8 Å². The SMILES string of the molecule is Cc1ccnc2c1nc(N)n2C1CCOC1C. The van der Waals surface area contributed by atoms with Crippen LogP contribution < -0.4 is 5.73 Å². The molecular formula is C12H16N4O. The Bertz CT molecular complexity index is 563. The highest BCUT2D eigenvalue weighted by Gasteiger charge is 2.29. The summed E-state index contributed by atoms with van der Waals surface area (Å²) >= 11 is 0. The van der Waals surface area contributed by atoms with Gasteiger partial charge in [0.25, 0.3) is 0 Å². The molecule has 2 unspecified atom stereocenters. The Morgan fingerprint density at radius 2 is 2.35 bits per heavy atom. The van der Waals surface area contributed by atoms with E-state index < -0.39 is 0 Å². The van der Waals surface area contributed by atoms with Crippen LogP contribution in [-0.4, -0.2) is 27.2 Å². The summed E-state index contributed by atoms with van der Waals surface area (Å²) in [5.41, 5.74) is 8.88.